The number of para-hydroxylation sites is 2. The average molecular weight is 305 g/mol. The summed E-state index contributed by atoms with van der Waals surface area (Å²) in [5, 5.41) is 0.0126. The molecule has 100 valence electrons. The fourth-order valence-electron chi connectivity index (χ4n) is 2.01. The number of hydrogen-bond acceptors (Lipinski definition) is 2. The lowest BCUT2D eigenvalue weighted by Gasteiger charge is -2.09. The van der Waals surface area contributed by atoms with Crippen LogP contribution in [0.15, 0.2) is 53.3 Å². The molecule has 0 aliphatic carbocycles. The highest BCUT2D eigenvalue weighted by Gasteiger charge is 2.17. The van der Waals surface area contributed by atoms with Gasteiger partial charge in [-0.15, -0.1) is 11.6 Å². The second-order valence-electron chi connectivity index (χ2n) is 4.38. The van der Waals surface area contributed by atoms with Crippen LogP contribution in [-0.4, -0.2) is 9.97 Å². The molecule has 0 saturated heterocycles. The van der Waals surface area contributed by atoms with Crippen molar-refractivity contribution in [3.8, 4) is 0 Å². The van der Waals surface area contributed by atoms with Gasteiger partial charge >= 0.3 is 0 Å². The second-order valence-corrected chi connectivity index (χ2v) is 5.26. The van der Waals surface area contributed by atoms with Crippen LogP contribution < -0.4 is 5.56 Å². The molecule has 0 fully saturated rings. The van der Waals surface area contributed by atoms with Crippen LogP contribution in [0.4, 0.5) is 0 Å². The molecule has 0 aliphatic rings. The first-order chi connectivity index (χ1) is 9.65. The standard InChI is InChI=1S/C15H10Cl2N2O/c16-10-7-5-9(6-8-10)13(17)14-15(20)19-12-4-2-1-3-11(12)18-14/h1-8,13H,(H,19,20). The van der Waals surface area contributed by atoms with E-state index in [9.17, 15) is 4.79 Å². The molecule has 1 atom stereocenters. The van der Waals surface area contributed by atoms with Crippen LogP contribution in [0.5, 0.6) is 0 Å². The van der Waals surface area contributed by atoms with Gasteiger partial charge in [0.2, 0.25) is 0 Å². The Morgan fingerprint density at radius 2 is 1.75 bits per heavy atom. The van der Waals surface area contributed by atoms with E-state index in [1.807, 2.05) is 18.2 Å². The molecule has 3 aromatic rings. The summed E-state index contributed by atoms with van der Waals surface area (Å²) in [4.78, 5) is 19.2. The monoisotopic (exact) mass is 304 g/mol. The summed E-state index contributed by atoms with van der Waals surface area (Å²) in [6.45, 7) is 0. The third kappa shape index (κ3) is 2.42. The molecule has 1 unspecified atom stereocenters. The molecule has 0 bridgehead atoms. The van der Waals surface area contributed by atoms with Gasteiger partial charge in [0.05, 0.1) is 11.0 Å². The first-order valence-corrected chi connectivity index (χ1v) is 6.85. The first-order valence-electron chi connectivity index (χ1n) is 6.03. The van der Waals surface area contributed by atoms with E-state index in [4.69, 9.17) is 23.2 Å². The molecule has 0 radical (unpaired) electrons. The number of halogens is 2. The molecule has 1 heterocycles. The Morgan fingerprint density at radius 3 is 2.50 bits per heavy atom. The summed E-state index contributed by atoms with van der Waals surface area (Å²) in [5.41, 5.74) is 2.19. The maximum atomic E-state index is 12.1. The lowest BCUT2D eigenvalue weighted by Crippen LogP contribution is -2.17. The SMILES string of the molecule is O=c1[nH]c2ccccc2nc1C(Cl)c1ccc(Cl)cc1. The van der Waals surface area contributed by atoms with Crippen LogP contribution >= 0.6 is 23.2 Å². The zero-order valence-corrected chi connectivity index (χ0v) is 11.8. The van der Waals surface area contributed by atoms with Crippen molar-refractivity contribution in [2.24, 2.45) is 0 Å². The minimum Gasteiger partial charge on any atom is -0.319 e. The summed E-state index contributed by atoms with van der Waals surface area (Å²) >= 11 is 12.2. The predicted molar refractivity (Wildman–Crippen MR) is 81.5 cm³/mol. The van der Waals surface area contributed by atoms with Crippen molar-refractivity contribution in [3.63, 3.8) is 0 Å². The van der Waals surface area contributed by atoms with Crippen molar-refractivity contribution in [2.75, 3.05) is 0 Å². The van der Waals surface area contributed by atoms with Gasteiger partial charge in [-0.1, -0.05) is 35.9 Å². The third-order valence-electron chi connectivity index (χ3n) is 3.03. The Balaban J connectivity index is 2.11. The van der Waals surface area contributed by atoms with Crippen LogP contribution in [0.1, 0.15) is 16.6 Å². The lowest BCUT2D eigenvalue weighted by atomic mass is 10.1. The van der Waals surface area contributed by atoms with Gasteiger partial charge in [0.15, 0.2) is 0 Å². The van der Waals surface area contributed by atoms with Crippen molar-refractivity contribution in [1.82, 2.24) is 9.97 Å². The fraction of sp³-hybridized carbons (Fsp3) is 0.0667. The topological polar surface area (TPSA) is 45.8 Å². The molecule has 20 heavy (non-hydrogen) atoms. The third-order valence-corrected chi connectivity index (χ3v) is 3.74. The van der Waals surface area contributed by atoms with Gasteiger partial charge in [-0.25, -0.2) is 4.98 Å². The van der Waals surface area contributed by atoms with E-state index >= 15 is 0 Å². The number of hydrogen-bond donors (Lipinski definition) is 1. The fourth-order valence-corrected chi connectivity index (χ4v) is 2.42. The molecule has 0 spiro atoms. The largest absolute Gasteiger partial charge is 0.319 e. The number of fused-ring (bicyclic) bond motifs is 1. The molecular weight excluding hydrogens is 295 g/mol. The number of nitrogens with one attached hydrogen (secondary N) is 1. The van der Waals surface area contributed by atoms with Crippen LogP contribution in [0.2, 0.25) is 5.02 Å². The van der Waals surface area contributed by atoms with Gasteiger partial charge in [-0.2, -0.15) is 0 Å². The zero-order valence-electron chi connectivity index (χ0n) is 10.3. The number of aromatic nitrogens is 2. The van der Waals surface area contributed by atoms with E-state index in [1.54, 1.807) is 30.3 Å². The van der Waals surface area contributed by atoms with Crippen LogP contribution in [0.25, 0.3) is 11.0 Å². The van der Waals surface area contributed by atoms with Gasteiger partial charge in [-0.05, 0) is 29.8 Å². The molecule has 3 nitrogen and oxygen atoms in total. The molecule has 1 aromatic heterocycles. The van der Waals surface area contributed by atoms with Crippen molar-refractivity contribution >= 4 is 34.2 Å². The highest BCUT2D eigenvalue weighted by Crippen LogP contribution is 2.26. The van der Waals surface area contributed by atoms with Gasteiger partial charge in [0.25, 0.3) is 5.56 Å². The van der Waals surface area contributed by atoms with E-state index in [2.05, 4.69) is 9.97 Å². The minimum atomic E-state index is -0.611. The van der Waals surface area contributed by atoms with Crippen LogP contribution in [0.3, 0.4) is 0 Å². The smallest absolute Gasteiger partial charge is 0.272 e. The first kappa shape index (κ1) is 13.2. The Morgan fingerprint density at radius 1 is 1.05 bits per heavy atom. The van der Waals surface area contributed by atoms with Crippen LogP contribution in [0, 0.1) is 0 Å². The summed E-state index contributed by atoms with van der Waals surface area (Å²) in [6, 6.07) is 14.4. The maximum Gasteiger partial charge on any atom is 0.272 e. The zero-order chi connectivity index (χ0) is 14.1. The van der Waals surface area contributed by atoms with E-state index < -0.39 is 5.38 Å². The summed E-state index contributed by atoms with van der Waals surface area (Å²) in [5.74, 6) is 0. The Kier molecular flexibility index (Phi) is 3.47. The minimum absolute atomic E-state index is 0.279. The predicted octanol–water partition coefficient (Wildman–Crippen LogP) is 3.90. The van der Waals surface area contributed by atoms with E-state index in [1.165, 1.54) is 0 Å². The lowest BCUT2D eigenvalue weighted by molar-refractivity contribution is 0.999. The van der Waals surface area contributed by atoms with Crippen LogP contribution in [-0.2, 0) is 0 Å². The molecule has 2 aromatic carbocycles. The number of alkyl halides is 1. The van der Waals surface area contributed by atoms with Gasteiger partial charge in [0.1, 0.15) is 11.1 Å². The van der Waals surface area contributed by atoms with Crippen molar-refractivity contribution < 1.29 is 0 Å². The molecule has 1 N–H and O–H groups in total. The average Bonchev–Trinajstić information content (AvgIpc) is 2.46. The molecule has 0 aliphatic heterocycles. The van der Waals surface area contributed by atoms with Gasteiger partial charge in [-0.3, -0.25) is 4.79 Å². The van der Waals surface area contributed by atoms with Crippen molar-refractivity contribution in [1.29, 1.82) is 0 Å². The Labute approximate surface area is 125 Å². The Hall–Kier alpha value is -1.84. The normalized spacial score (nSPS) is 12.5. The number of aromatic amines is 1. The second kappa shape index (κ2) is 5.27. The molecule has 3 rings (SSSR count). The molecular formula is C15H10Cl2N2O. The summed E-state index contributed by atoms with van der Waals surface area (Å²) < 4.78 is 0. The van der Waals surface area contributed by atoms with Crippen molar-refractivity contribution in [2.45, 2.75) is 5.38 Å². The Bertz CT molecular complexity index is 812. The van der Waals surface area contributed by atoms with E-state index in [-0.39, 0.29) is 11.3 Å². The molecule has 0 amide bonds. The van der Waals surface area contributed by atoms with Crippen molar-refractivity contribution in [3.05, 3.63) is 75.2 Å². The molecule has 0 saturated carbocycles. The number of benzene rings is 2. The molecule has 5 heteroatoms. The maximum absolute atomic E-state index is 12.1. The van der Waals surface area contributed by atoms with E-state index in [0.717, 1.165) is 5.56 Å². The quantitative estimate of drug-likeness (QED) is 0.730. The highest BCUT2D eigenvalue weighted by atomic mass is 35.5. The summed E-state index contributed by atoms with van der Waals surface area (Å²) in [7, 11) is 0. The number of nitrogens with zero attached hydrogens (tertiary/aromatic N) is 1. The van der Waals surface area contributed by atoms with E-state index in [0.29, 0.717) is 16.1 Å². The number of rotatable bonds is 2. The highest BCUT2D eigenvalue weighted by molar-refractivity contribution is 6.30. The summed E-state index contributed by atoms with van der Waals surface area (Å²) in [6.07, 6.45) is 0. The van der Waals surface area contributed by atoms with Gasteiger partial charge < -0.3 is 4.98 Å². The van der Waals surface area contributed by atoms with Gasteiger partial charge in [0, 0.05) is 5.02 Å². The number of H-pyrrole nitrogens is 1.